The molecule has 2 aromatic carbocycles. The van der Waals surface area contributed by atoms with E-state index in [-0.39, 0.29) is 17.2 Å². The van der Waals surface area contributed by atoms with Gasteiger partial charge in [-0.25, -0.2) is 4.79 Å². The van der Waals surface area contributed by atoms with Crippen LogP contribution in [0.2, 0.25) is 18.1 Å². The third-order valence-electron chi connectivity index (χ3n) is 9.40. The molecule has 2 fully saturated rings. The van der Waals surface area contributed by atoms with Gasteiger partial charge in [0.25, 0.3) is 0 Å². The summed E-state index contributed by atoms with van der Waals surface area (Å²) in [6.45, 7) is 12.4. The number of carbonyl (C=O) groups excluding carboxylic acids is 2. The van der Waals surface area contributed by atoms with E-state index in [2.05, 4.69) is 58.1 Å². The van der Waals surface area contributed by atoms with E-state index in [0.29, 0.717) is 12.8 Å². The molecule has 212 valence electrons. The molecule has 0 unspecified atom stereocenters. The second-order valence-electron chi connectivity index (χ2n) is 12.8. The number of ketones is 1. The summed E-state index contributed by atoms with van der Waals surface area (Å²) in [6.07, 6.45) is 3.40. The summed E-state index contributed by atoms with van der Waals surface area (Å²) in [6, 6.07) is 20.5. The highest BCUT2D eigenvalue weighted by molar-refractivity contribution is 6.74. The quantitative estimate of drug-likeness (QED) is 0.176. The normalized spacial score (nSPS) is 26.5. The summed E-state index contributed by atoms with van der Waals surface area (Å²) in [7, 11) is -2.64. The van der Waals surface area contributed by atoms with Crippen molar-refractivity contribution in [3.63, 3.8) is 0 Å². The van der Waals surface area contributed by atoms with Crippen molar-refractivity contribution in [1.29, 1.82) is 0 Å². The fourth-order valence-corrected chi connectivity index (χ4v) is 8.64. The van der Waals surface area contributed by atoms with Crippen molar-refractivity contribution in [2.75, 3.05) is 0 Å². The fraction of sp³-hybridized carbons (Fsp3) is 0.562. The predicted octanol–water partition coefficient (Wildman–Crippen LogP) is 8.39. The first-order valence-corrected chi connectivity index (χ1v) is 17.8. The van der Waals surface area contributed by atoms with Gasteiger partial charge >= 0.3 is 5.97 Å². The van der Waals surface area contributed by atoms with Crippen molar-refractivity contribution in [2.45, 2.75) is 106 Å². The second-order valence-corrected chi connectivity index (χ2v) is 18.8. The van der Waals surface area contributed by atoms with Crippen LogP contribution >= 0.6 is 23.2 Å². The van der Waals surface area contributed by atoms with Gasteiger partial charge < -0.3 is 9.16 Å². The average Bonchev–Trinajstić information content (AvgIpc) is 3.38. The molecule has 0 saturated heterocycles. The Morgan fingerprint density at radius 1 is 1.00 bits per heavy atom. The summed E-state index contributed by atoms with van der Waals surface area (Å²) in [5.41, 5.74) is -0.100. The van der Waals surface area contributed by atoms with Crippen LogP contribution in [0, 0.1) is 5.92 Å². The number of ether oxygens (including phenoxy) is 1. The van der Waals surface area contributed by atoms with Crippen LogP contribution in [0.3, 0.4) is 0 Å². The van der Waals surface area contributed by atoms with E-state index < -0.39 is 41.7 Å². The van der Waals surface area contributed by atoms with Crippen molar-refractivity contribution >= 4 is 43.3 Å². The summed E-state index contributed by atoms with van der Waals surface area (Å²) in [5, 5.41) is -0.238. The highest BCUT2D eigenvalue weighted by Gasteiger charge is 2.72. The van der Waals surface area contributed by atoms with E-state index in [0.717, 1.165) is 30.4 Å². The van der Waals surface area contributed by atoms with Crippen molar-refractivity contribution in [2.24, 2.45) is 5.92 Å². The molecule has 0 bridgehead atoms. The van der Waals surface area contributed by atoms with Crippen molar-refractivity contribution < 1.29 is 18.8 Å². The van der Waals surface area contributed by atoms with Gasteiger partial charge in [-0.05, 0) is 54.9 Å². The monoisotopic (exact) mass is 588 g/mol. The molecule has 0 amide bonds. The number of hydrogen-bond donors (Lipinski definition) is 0. The number of hydrogen-bond acceptors (Lipinski definition) is 4. The second kappa shape index (κ2) is 11.0. The molecule has 4 rings (SSSR count). The maximum atomic E-state index is 14.7. The van der Waals surface area contributed by atoms with E-state index in [1.165, 1.54) is 0 Å². The first-order valence-electron chi connectivity index (χ1n) is 14.2. The largest absolute Gasteiger partial charge is 0.459 e. The maximum absolute atomic E-state index is 14.7. The minimum Gasteiger partial charge on any atom is -0.459 e. The summed E-state index contributed by atoms with van der Waals surface area (Å²) < 4.78 is 11.5. The van der Waals surface area contributed by atoms with Gasteiger partial charge in [-0.15, -0.1) is 0 Å². The van der Waals surface area contributed by atoms with E-state index in [1.807, 2.05) is 43.3 Å². The van der Waals surface area contributed by atoms with Crippen LogP contribution in [-0.2, 0) is 24.2 Å². The molecule has 2 aliphatic rings. The van der Waals surface area contributed by atoms with E-state index in [9.17, 15) is 9.59 Å². The standard InChI is InChI=1S/C32H42Cl2O4Si/c1-7-15-25-22-26(35)32(33,34)31(25,38-39(5,6)29(2,3)4)28(36)37-27-20-14-21-30(27,23-16-10-8-11-17-23)24-18-12-9-13-19-24/h8-13,16-19,25,27H,7,14-15,20-22H2,1-6H3/t25-,27+,31+/m0/s1. The number of alkyl halides is 2. The third kappa shape index (κ3) is 5.02. The zero-order valence-corrected chi connectivity index (χ0v) is 26.6. The van der Waals surface area contributed by atoms with E-state index in [1.54, 1.807) is 0 Å². The minimum absolute atomic E-state index is 0.0950. The van der Waals surface area contributed by atoms with Crippen LogP contribution in [-0.4, -0.2) is 36.1 Å². The zero-order valence-electron chi connectivity index (χ0n) is 24.1. The summed E-state index contributed by atoms with van der Waals surface area (Å²) >= 11 is 13.9. The van der Waals surface area contributed by atoms with Gasteiger partial charge in [-0.1, -0.05) is 118 Å². The molecule has 0 spiro atoms. The highest BCUT2D eigenvalue weighted by atomic mass is 35.5. The lowest BCUT2D eigenvalue weighted by molar-refractivity contribution is -0.176. The van der Waals surface area contributed by atoms with Gasteiger partial charge in [-0.3, -0.25) is 4.79 Å². The van der Waals surface area contributed by atoms with Gasteiger partial charge in [0.1, 0.15) is 6.10 Å². The van der Waals surface area contributed by atoms with Crippen molar-refractivity contribution in [3.8, 4) is 0 Å². The van der Waals surface area contributed by atoms with E-state index in [4.69, 9.17) is 32.4 Å². The SMILES string of the molecule is CCC[C@H]1CC(=O)C(Cl)(Cl)[C@]1(O[Si](C)(C)C(C)(C)C)C(=O)O[C@@H]1CCCC1(c1ccccc1)c1ccccc1. The van der Waals surface area contributed by atoms with Crippen molar-refractivity contribution in [3.05, 3.63) is 71.8 Å². The average molecular weight is 590 g/mol. The summed E-state index contributed by atoms with van der Waals surface area (Å²) in [5.74, 6) is -1.44. The van der Waals surface area contributed by atoms with Gasteiger partial charge in [0, 0.05) is 12.3 Å². The lowest BCUT2D eigenvalue weighted by Crippen LogP contribution is -2.64. The summed E-state index contributed by atoms with van der Waals surface area (Å²) in [4.78, 5) is 28.0. The molecule has 3 atom stereocenters. The highest BCUT2D eigenvalue weighted by Crippen LogP contribution is 2.57. The molecule has 2 saturated carbocycles. The van der Waals surface area contributed by atoms with Crippen LogP contribution in [0.4, 0.5) is 0 Å². The Labute approximate surface area is 244 Å². The van der Waals surface area contributed by atoms with Gasteiger partial charge in [-0.2, -0.15) is 0 Å². The Kier molecular flexibility index (Phi) is 8.52. The van der Waals surface area contributed by atoms with Crippen LogP contribution in [0.15, 0.2) is 60.7 Å². The van der Waals surface area contributed by atoms with Gasteiger partial charge in [0.15, 0.2) is 19.7 Å². The molecular weight excluding hydrogens is 547 g/mol. The predicted molar refractivity (Wildman–Crippen MR) is 161 cm³/mol. The lowest BCUT2D eigenvalue weighted by atomic mass is 9.71. The van der Waals surface area contributed by atoms with Gasteiger partial charge in [0.2, 0.25) is 4.33 Å². The third-order valence-corrected chi connectivity index (χ3v) is 14.8. The smallest absolute Gasteiger partial charge is 0.341 e. The number of carbonyl (C=O) groups is 2. The topological polar surface area (TPSA) is 52.6 Å². The molecular formula is C32H42Cl2O4Si. The number of Topliss-reactive ketones (excluding diaryl/α,β-unsaturated/α-hetero) is 1. The molecule has 0 N–H and O–H groups in total. The number of esters is 1. The first kappa shape index (κ1) is 30.3. The Morgan fingerprint density at radius 3 is 2.03 bits per heavy atom. The van der Waals surface area contributed by atoms with Crippen LogP contribution in [0.25, 0.3) is 0 Å². The first-order chi connectivity index (χ1) is 18.2. The molecule has 2 aliphatic carbocycles. The van der Waals surface area contributed by atoms with E-state index >= 15 is 0 Å². The van der Waals surface area contributed by atoms with Crippen LogP contribution < -0.4 is 0 Å². The Bertz CT molecular complexity index is 1140. The molecule has 7 heteroatoms. The van der Waals surface area contributed by atoms with Crippen LogP contribution in [0.5, 0.6) is 0 Å². The van der Waals surface area contributed by atoms with Crippen LogP contribution in [0.1, 0.15) is 77.3 Å². The number of halogens is 2. The molecule has 4 nitrogen and oxygen atoms in total. The molecule has 2 aromatic rings. The van der Waals surface area contributed by atoms with Gasteiger partial charge in [0.05, 0.1) is 5.41 Å². The molecule has 0 heterocycles. The number of rotatable bonds is 8. The molecule has 0 radical (unpaired) electrons. The Hall–Kier alpha value is -1.66. The number of benzene rings is 2. The molecule has 0 aliphatic heterocycles. The molecule has 0 aromatic heterocycles. The molecule has 39 heavy (non-hydrogen) atoms. The maximum Gasteiger partial charge on any atom is 0.341 e. The fourth-order valence-electron chi connectivity index (χ4n) is 6.30. The van der Waals surface area contributed by atoms with Crippen molar-refractivity contribution in [1.82, 2.24) is 0 Å². The Morgan fingerprint density at radius 2 is 1.54 bits per heavy atom. The minimum atomic E-state index is -2.64. The zero-order chi connectivity index (χ0) is 28.7. The Balaban J connectivity index is 1.84. The lowest BCUT2D eigenvalue weighted by Gasteiger charge is -2.48.